The lowest BCUT2D eigenvalue weighted by atomic mass is 9.94. The Balaban J connectivity index is 2.81. The zero-order valence-corrected chi connectivity index (χ0v) is 13.3. The zero-order valence-electron chi connectivity index (χ0n) is 12.5. The van der Waals surface area contributed by atoms with E-state index in [0.717, 1.165) is 25.0 Å². The van der Waals surface area contributed by atoms with E-state index in [0.29, 0.717) is 18.1 Å². The fraction of sp³-hybridized carbons (Fsp3) is 0.562. The fourth-order valence-electron chi connectivity index (χ4n) is 1.91. The summed E-state index contributed by atoms with van der Waals surface area (Å²) in [5.41, 5.74) is 0.272. The summed E-state index contributed by atoms with van der Waals surface area (Å²) < 4.78 is 5.55. The van der Waals surface area contributed by atoms with Crippen LogP contribution in [0.5, 0.6) is 5.75 Å². The van der Waals surface area contributed by atoms with Crippen molar-refractivity contribution in [1.29, 1.82) is 0 Å². The van der Waals surface area contributed by atoms with E-state index < -0.39 is 0 Å². The summed E-state index contributed by atoms with van der Waals surface area (Å²) in [7, 11) is 0. The summed E-state index contributed by atoms with van der Waals surface area (Å²) in [6.07, 6.45) is 2.56. The molecule has 1 amide bonds. The molecule has 0 aliphatic rings. The Kier molecular flexibility index (Phi) is 6.86. The van der Waals surface area contributed by atoms with Gasteiger partial charge in [-0.15, -0.1) is 11.6 Å². The van der Waals surface area contributed by atoms with Gasteiger partial charge >= 0.3 is 0 Å². The topological polar surface area (TPSA) is 38.3 Å². The second-order valence-corrected chi connectivity index (χ2v) is 5.22. The third-order valence-electron chi connectivity index (χ3n) is 3.56. The summed E-state index contributed by atoms with van der Waals surface area (Å²) >= 11 is 6.02. The van der Waals surface area contributed by atoms with Gasteiger partial charge in [0, 0.05) is 11.4 Å². The first-order valence-electron chi connectivity index (χ1n) is 7.22. The number of carbonyl (C=O) groups is 1. The summed E-state index contributed by atoms with van der Waals surface area (Å²) in [6.45, 7) is 6.77. The average Bonchev–Trinajstić information content (AvgIpc) is 2.51. The normalized spacial score (nSPS) is 11.2. The van der Waals surface area contributed by atoms with Gasteiger partial charge in [0.05, 0.1) is 12.1 Å². The molecule has 4 heteroatoms. The van der Waals surface area contributed by atoms with Gasteiger partial charge in [-0.25, -0.2) is 0 Å². The highest BCUT2D eigenvalue weighted by molar-refractivity contribution is 6.19. The minimum Gasteiger partial charge on any atom is -0.494 e. The monoisotopic (exact) mass is 297 g/mol. The van der Waals surface area contributed by atoms with Crippen molar-refractivity contribution in [3.05, 3.63) is 29.8 Å². The SMILES string of the molecule is CCCOc1cccc(C(=O)NC(CC)(CC)CCl)c1. The molecule has 0 spiro atoms. The number of benzene rings is 1. The van der Waals surface area contributed by atoms with Crippen molar-refractivity contribution in [2.75, 3.05) is 12.5 Å². The van der Waals surface area contributed by atoms with E-state index >= 15 is 0 Å². The van der Waals surface area contributed by atoms with Gasteiger partial charge in [-0.3, -0.25) is 4.79 Å². The summed E-state index contributed by atoms with van der Waals surface area (Å²) in [5, 5.41) is 3.05. The minimum absolute atomic E-state index is 0.101. The molecule has 0 heterocycles. The molecule has 1 aromatic carbocycles. The van der Waals surface area contributed by atoms with Crippen LogP contribution < -0.4 is 10.1 Å². The Morgan fingerprint density at radius 2 is 2.00 bits per heavy atom. The van der Waals surface area contributed by atoms with Crippen LogP contribution in [0.1, 0.15) is 50.4 Å². The minimum atomic E-state index is -0.334. The Labute approximate surface area is 126 Å². The van der Waals surface area contributed by atoms with Crippen molar-refractivity contribution >= 4 is 17.5 Å². The first-order valence-corrected chi connectivity index (χ1v) is 7.75. The van der Waals surface area contributed by atoms with Crippen LogP contribution in [0.4, 0.5) is 0 Å². The molecule has 0 saturated carbocycles. The van der Waals surface area contributed by atoms with Crippen LogP contribution >= 0.6 is 11.6 Å². The van der Waals surface area contributed by atoms with E-state index in [-0.39, 0.29) is 11.4 Å². The number of ether oxygens (including phenoxy) is 1. The quantitative estimate of drug-likeness (QED) is 0.737. The zero-order chi connectivity index (χ0) is 15.0. The lowest BCUT2D eigenvalue weighted by Crippen LogP contribution is -2.49. The smallest absolute Gasteiger partial charge is 0.251 e. The molecular weight excluding hydrogens is 274 g/mol. The summed E-state index contributed by atoms with van der Waals surface area (Å²) in [5.74, 6) is 1.04. The number of amides is 1. The van der Waals surface area contributed by atoms with Crippen molar-refractivity contribution in [3.63, 3.8) is 0 Å². The molecule has 0 unspecified atom stereocenters. The van der Waals surface area contributed by atoms with Gasteiger partial charge in [0.15, 0.2) is 0 Å². The lowest BCUT2D eigenvalue weighted by molar-refractivity contribution is 0.0902. The molecule has 0 atom stereocenters. The van der Waals surface area contributed by atoms with Crippen LogP contribution in [-0.2, 0) is 0 Å². The van der Waals surface area contributed by atoms with E-state index in [4.69, 9.17) is 16.3 Å². The molecule has 1 N–H and O–H groups in total. The number of hydrogen-bond donors (Lipinski definition) is 1. The second kappa shape index (κ2) is 8.15. The number of carbonyl (C=O) groups excluding carboxylic acids is 1. The molecule has 1 aromatic rings. The van der Waals surface area contributed by atoms with Crippen LogP contribution in [0.25, 0.3) is 0 Å². The molecule has 112 valence electrons. The van der Waals surface area contributed by atoms with Gasteiger partial charge in [0.2, 0.25) is 0 Å². The molecular formula is C16H24ClNO2. The van der Waals surface area contributed by atoms with Gasteiger partial charge in [-0.1, -0.05) is 26.8 Å². The highest BCUT2D eigenvalue weighted by Gasteiger charge is 2.27. The molecule has 0 fully saturated rings. The standard InChI is InChI=1S/C16H24ClNO2/c1-4-10-20-14-9-7-8-13(11-14)15(19)18-16(5-2,6-3)12-17/h7-9,11H,4-6,10,12H2,1-3H3,(H,18,19). The Bertz CT molecular complexity index is 422. The predicted molar refractivity (Wildman–Crippen MR) is 83.7 cm³/mol. The molecule has 20 heavy (non-hydrogen) atoms. The van der Waals surface area contributed by atoms with Crippen LogP contribution in [0.2, 0.25) is 0 Å². The number of alkyl halides is 1. The molecule has 0 saturated heterocycles. The molecule has 0 aliphatic carbocycles. The van der Waals surface area contributed by atoms with Crippen molar-refractivity contribution in [1.82, 2.24) is 5.32 Å². The summed E-state index contributed by atoms with van der Waals surface area (Å²) in [4.78, 5) is 12.3. The van der Waals surface area contributed by atoms with Gasteiger partial charge < -0.3 is 10.1 Å². The molecule has 0 radical (unpaired) electrons. The largest absolute Gasteiger partial charge is 0.494 e. The lowest BCUT2D eigenvalue weighted by Gasteiger charge is -2.30. The van der Waals surface area contributed by atoms with E-state index in [2.05, 4.69) is 5.32 Å². The average molecular weight is 298 g/mol. The molecule has 0 bridgehead atoms. The molecule has 1 rings (SSSR count). The first-order chi connectivity index (χ1) is 9.60. The van der Waals surface area contributed by atoms with Crippen molar-refractivity contribution in [2.45, 2.75) is 45.6 Å². The highest BCUT2D eigenvalue weighted by atomic mass is 35.5. The number of hydrogen-bond acceptors (Lipinski definition) is 2. The van der Waals surface area contributed by atoms with Gasteiger partial charge in [0.1, 0.15) is 5.75 Å². The Morgan fingerprint density at radius 1 is 1.30 bits per heavy atom. The van der Waals surface area contributed by atoms with Crippen molar-refractivity contribution < 1.29 is 9.53 Å². The molecule has 3 nitrogen and oxygen atoms in total. The number of halogens is 1. The fourth-order valence-corrected chi connectivity index (χ4v) is 2.35. The maximum Gasteiger partial charge on any atom is 0.251 e. The van der Waals surface area contributed by atoms with Gasteiger partial charge in [0.25, 0.3) is 5.91 Å². The number of nitrogens with one attached hydrogen (secondary N) is 1. The van der Waals surface area contributed by atoms with E-state index in [1.54, 1.807) is 12.1 Å². The third-order valence-corrected chi connectivity index (χ3v) is 4.07. The Hall–Kier alpha value is -1.22. The maximum absolute atomic E-state index is 12.3. The van der Waals surface area contributed by atoms with E-state index in [9.17, 15) is 4.79 Å². The Morgan fingerprint density at radius 3 is 2.55 bits per heavy atom. The summed E-state index contributed by atoms with van der Waals surface area (Å²) in [6, 6.07) is 7.26. The number of rotatable bonds is 8. The van der Waals surface area contributed by atoms with E-state index in [1.165, 1.54) is 0 Å². The van der Waals surface area contributed by atoms with Crippen LogP contribution in [0.3, 0.4) is 0 Å². The van der Waals surface area contributed by atoms with Gasteiger partial charge in [-0.05, 0) is 37.5 Å². The van der Waals surface area contributed by atoms with Crippen LogP contribution in [-0.4, -0.2) is 23.9 Å². The van der Waals surface area contributed by atoms with Crippen LogP contribution in [0.15, 0.2) is 24.3 Å². The molecule has 0 aromatic heterocycles. The van der Waals surface area contributed by atoms with Crippen LogP contribution in [0, 0.1) is 0 Å². The predicted octanol–water partition coefficient (Wildman–Crippen LogP) is 4.00. The van der Waals surface area contributed by atoms with E-state index in [1.807, 2.05) is 32.9 Å². The molecule has 0 aliphatic heterocycles. The maximum atomic E-state index is 12.3. The third kappa shape index (κ3) is 4.41. The highest BCUT2D eigenvalue weighted by Crippen LogP contribution is 2.19. The van der Waals surface area contributed by atoms with Gasteiger partial charge in [-0.2, -0.15) is 0 Å². The van der Waals surface area contributed by atoms with Crippen molar-refractivity contribution in [3.8, 4) is 5.75 Å². The van der Waals surface area contributed by atoms with Crippen molar-refractivity contribution in [2.24, 2.45) is 0 Å². The second-order valence-electron chi connectivity index (χ2n) is 4.95. The first kappa shape index (κ1) is 16.8.